The van der Waals surface area contributed by atoms with Gasteiger partial charge in [-0.1, -0.05) is 33.1 Å². The first kappa shape index (κ1) is 11.3. The molecule has 0 aliphatic carbocycles. The van der Waals surface area contributed by atoms with E-state index >= 15 is 0 Å². The molecule has 0 N–H and O–H groups in total. The molecule has 0 spiro atoms. The van der Waals surface area contributed by atoms with Gasteiger partial charge in [0.05, 0.1) is 0 Å². The predicted molar refractivity (Wildman–Crippen MR) is 53.2 cm³/mol. The van der Waals surface area contributed by atoms with Crippen LogP contribution in [-0.4, -0.2) is 4.87 Å². The van der Waals surface area contributed by atoms with Crippen molar-refractivity contribution in [3.8, 4) is 0 Å². The monoisotopic (exact) mass is 176 g/mol. The van der Waals surface area contributed by atoms with Crippen molar-refractivity contribution in [3.05, 3.63) is 0 Å². The molecule has 1 heteroatoms. The third kappa shape index (κ3) is 10.3. The molecule has 0 radical (unpaired) electrons. The van der Waals surface area contributed by atoms with Crippen LogP contribution in [0.15, 0.2) is 0 Å². The van der Waals surface area contributed by atoms with Crippen LogP contribution in [0.3, 0.4) is 0 Å². The summed E-state index contributed by atoms with van der Waals surface area (Å²) < 4.78 is 0. The highest BCUT2D eigenvalue weighted by atomic mass is 35.5. The Kier molecular flexibility index (Phi) is 5.16. The van der Waals surface area contributed by atoms with Gasteiger partial charge in [0.1, 0.15) is 0 Å². The minimum atomic E-state index is 0.0109. The van der Waals surface area contributed by atoms with E-state index in [0.717, 1.165) is 12.3 Å². The first-order valence-electron chi connectivity index (χ1n) is 4.61. The van der Waals surface area contributed by atoms with Crippen molar-refractivity contribution in [2.24, 2.45) is 5.92 Å². The predicted octanol–water partition coefficient (Wildman–Crippen LogP) is 4.22. The van der Waals surface area contributed by atoms with Crippen molar-refractivity contribution in [1.29, 1.82) is 0 Å². The quantitative estimate of drug-likeness (QED) is 0.435. The molecule has 0 saturated carbocycles. The zero-order chi connectivity index (χ0) is 8.91. The lowest BCUT2D eigenvalue weighted by molar-refractivity contribution is 0.498. The van der Waals surface area contributed by atoms with E-state index in [1.807, 2.05) is 0 Å². The van der Waals surface area contributed by atoms with Gasteiger partial charge in [0, 0.05) is 4.87 Å². The molecule has 0 unspecified atom stereocenters. The van der Waals surface area contributed by atoms with Crippen molar-refractivity contribution in [3.63, 3.8) is 0 Å². The second-order valence-corrected chi connectivity index (χ2v) is 5.38. The fraction of sp³-hybridized carbons (Fsp3) is 1.00. The van der Waals surface area contributed by atoms with E-state index in [9.17, 15) is 0 Å². The Bertz CT molecular complexity index is 89.5. The first-order valence-corrected chi connectivity index (χ1v) is 4.98. The van der Waals surface area contributed by atoms with E-state index in [-0.39, 0.29) is 4.87 Å². The zero-order valence-electron chi connectivity index (χ0n) is 8.28. The molecule has 0 aliphatic rings. The fourth-order valence-electron chi connectivity index (χ4n) is 1.10. The van der Waals surface area contributed by atoms with Gasteiger partial charge >= 0.3 is 0 Å². The Morgan fingerprint density at radius 1 is 1.18 bits per heavy atom. The topological polar surface area (TPSA) is 0 Å². The minimum Gasteiger partial charge on any atom is -0.120 e. The lowest BCUT2D eigenvalue weighted by atomic mass is 10.0. The van der Waals surface area contributed by atoms with Gasteiger partial charge in [-0.15, -0.1) is 11.6 Å². The fourth-order valence-corrected chi connectivity index (χ4v) is 1.23. The van der Waals surface area contributed by atoms with Crippen LogP contribution in [-0.2, 0) is 0 Å². The number of alkyl halides is 1. The van der Waals surface area contributed by atoms with Crippen molar-refractivity contribution in [2.45, 2.75) is 58.3 Å². The molecule has 0 aliphatic heterocycles. The molecule has 0 rings (SSSR count). The average molecular weight is 177 g/mol. The molecular formula is C10H21Cl. The summed E-state index contributed by atoms with van der Waals surface area (Å²) in [6.45, 7) is 8.71. The maximum Gasteiger partial charge on any atom is 0.0390 e. The smallest absolute Gasteiger partial charge is 0.0390 e. The van der Waals surface area contributed by atoms with Crippen LogP contribution in [0.1, 0.15) is 53.4 Å². The van der Waals surface area contributed by atoms with Crippen molar-refractivity contribution < 1.29 is 0 Å². The summed E-state index contributed by atoms with van der Waals surface area (Å²) in [6, 6.07) is 0. The van der Waals surface area contributed by atoms with Gasteiger partial charge in [-0.2, -0.15) is 0 Å². The summed E-state index contributed by atoms with van der Waals surface area (Å²) in [5, 5.41) is 0. The molecule has 0 aromatic carbocycles. The largest absolute Gasteiger partial charge is 0.120 e. The highest BCUT2D eigenvalue weighted by Crippen LogP contribution is 2.21. The molecule has 11 heavy (non-hydrogen) atoms. The summed E-state index contributed by atoms with van der Waals surface area (Å²) in [5.74, 6) is 0.841. The molecule has 0 atom stereocenters. The summed E-state index contributed by atoms with van der Waals surface area (Å²) >= 11 is 6.05. The number of unbranched alkanes of at least 4 members (excludes halogenated alkanes) is 1. The Balaban J connectivity index is 3.15. The van der Waals surface area contributed by atoms with Gasteiger partial charge in [-0.05, 0) is 26.2 Å². The third-order valence-corrected chi connectivity index (χ3v) is 1.99. The van der Waals surface area contributed by atoms with E-state index in [2.05, 4.69) is 27.7 Å². The van der Waals surface area contributed by atoms with Crippen LogP contribution in [0.2, 0.25) is 0 Å². The van der Waals surface area contributed by atoms with Gasteiger partial charge in [0.15, 0.2) is 0 Å². The third-order valence-electron chi connectivity index (χ3n) is 1.80. The van der Waals surface area contributed by atoms with E-state index < -0.39 is 0 Å². The highest BCUT2D eigenvalue weighted by molar-refractivity contribution is 6.23. The Labute approximate surface area is 76.3 Å². The van der Waals surface area contributed by atoms with Crippen LogP contribution in [0, 0.1) is 5.92 Å². The van der Waals surface area contributed by atoms with Gasteiger partial charge in [0.25, 0.3) is 0 Å². The van der Waals surface area contributed by atoms with E-state index in [4.69, 9.17) is 11.6 Å². The first-order chi connectivity index (χ1) is 4.92. The molecule has 0 nitrogen and oxygen atoms in total. The minimum absolute atomic E-state index is 0.0109. The summed E-state index contributed by atoms with van der Waals surface area (Å²) in [4.78, 5) is 0.0109. The van der Waals surface area contributed by atoms with Crippen LogP contribution >= 0.6 is 11.6 Å². The molecule has 68 valence electrons. The lowest BCUT2D eigenvalue weighted by Gasteiger charge is -2.15. The number of hydrogen-bond donors (Lipinski definition) is 0. The van der Waals surface area contributed by atoms with Gasteiger partial charge in [0.2, 0.25) is 0 Å². The maximum absolute atomic E-state index is 6.05. The highest BCUT2D eigenvalue weighted by Gasteiger charge is 2.11. The number of hydrogen-bond acceptors (Lipinski definition) is 0. The van der Waals surface area contributed by atoms with E-state index in [1.54, 1.807) is 0 Å². The SMILES string of the molecule is CC(C)CCCCC(C)(C)Cl. The van der Waals surface area contributed by atoms with E-state index in [1.165, 1.54) is 19.3 Å². The Hall–Kier alpha value is 0.290. The second kappa shape index (κ2) is 5.03. The number of halogens is 1. The van der Waals surface area contributed by atoms with Crippen LogP contribution in [0.4, 0.5) is 0 Å². The van der Waals surface area contributed by atoms with Crippen molar-refractivity contribution in [2.75, 3.05) is 0 Å². The average Bonchev–Trinajstić information content (AvgIpc) is 1.78. The standard InChI is InChI=1S/C10H21Cl/c1-9(2)7-5-6-8-10(3,4)11/h9H,5-8H2,1-4H3. The van der Waals surface area contributed by atoms with Crippen molar-refractivity contribution >= 4 is 11.6 Å². The number of rotatable bonds is 5. The van der Waals surface area contributed by atoms with Gasteiger partial charge < -0.3 is 0 Å². The lowest BCUT2D eigenvalue weighted by Crippen LogP contribution is -2.09. The molecule has 0 bridgehead atoms. The molecule has 0 heterocycles. The van der Waals surface area contributed by atoms with Gasteiger partial charge in [-0.25, -0.2) is 0 Å². The normalized spacial score (nSPS) is 12.5. The van der Waals surface area contributed by atoms with Crippen LogP contribution in [0.25, 0.3) is 0 Å². The summed E-state index contributed by atoms with van der Waals surface area (Å²) in [6.07, 6.45) is 5.08. The van der Waals surface area contributed by atoms with Gasteiger partial charge in [-0.3, -0.25) is 0 Å². The molecule has 0 aromatic rings. The summed E-state index contributed by atoms with van der Waals surface area (Å²) in [7, 11) is 0. The molecule has 0 fully saturated rings. The zero-order valence-corrected chi connectivity index (χ0v) is 9.04. The Morgan fingerprint density at radius 2 is 1.73 bits per heavy atom. The molecular weight excluding hydrogens is 156 g/mol. The van der Waals surface area contributed by atoms with Crippen molar-refractivity contribution in [1.82, 2.24) is 0 Å². The maximum atomic E-state index is 6.05. The second-order valence-electron chi connectivity index (χ2n) is 4.36. The summed E-state index contributed by atoms with van der Waals surface area (Å²) in [5.41, 5.74) is 0. The Morgan fingerprint density at radius 3 is 2.09 bits per heavy atom. The van der Waals surface area contributed by atoms with E-state index in [0.29, 0.717) is 0 Å². The van der Waals surface area contributed by atoms with Crippen LogP contribution < -0.4 is 0 Å². The molecule has 0 amide bonds. The van der Waals surface area contributed by atoms with Crippen LogP contribution in [0.5, 0.6) is 0 Å². The molecule has 0 saturated heterocycles. The molecule has 0 aromatic heterocycles.